The number of aryl methyl sites for hydroxylation is 2. The number of carbonyl (C=O) groups is 1. The molecule has 1 atom stereocenters. The van der Waals surface area contributed by atoms with Gasteiger partial charge in [0.05, 0.1) is 17.8 Å². The van der Waals surface area contributed by atoms with Crippen LogP contribution in [0.1, 0.15) is 53.7 Å². The molecule has 0 bridgehead atoms. The van der Waals surface area contributed by atoms with Gasteiger partial charge in [-0.15, -0.1) is 0 Å². The predicted molar refractivity (Wildman–Crippen MR) is 97.7 cm³/mol. The van der Waals surface area contributed by atoms with Gasteiger partial charge in [0.15, 0.2) is 5.82 Å². The summed E-state index contributed by atoms with van der Waals surface area (Å²) >= 11 is 0. The second-order valence-electron chi connectivity index (χ2n) is 6.89. The maximum Gasteiger partial charge on any atom is 0.273 e. The largest absolute Gasteiger partial charge is 0.334 e. The van der Waals surface area contributed by atoms with E-state index in [-0.39, 0.29) is 11.9 Å². The molecule has 1 fully saturated rings. The fourth-order valence-corrected chi connectivity index (χ4v) is 3.45. The average molecular weight is 366 g/mol. The number of amides is 1. The van der Waals surface area contributed by atoms with Crippen LogP contribution in [0.4, 0.5) is 0 Å². The highest BCUT2D eigenvalue weighted by molar-refractivity contribution is 5.92. The van der Waals surface area contributed by atoms with Crippen molar-refractivity contribution in [2.75, 3.05) is 6.54 Å². The number of pyridine rings is 1. The quantitative estimate of drug-likeness (QED) is 0.708. The van der Waals surface area contributed by atoms with Crippen molar-refractivity contribution in [2.45, 2.75) is 38.6 Å². The summed E-state index contributed by atoms with van der Waals surface area (Å²) in [6.45, 7) is 2.55. The zero-order valence-electron chi connectivity index (χ0n) is 15.5. The second-order valence-corrected chi connectivity index (χ2v) is 6.89. The number of carbonyl (C=O) groups excluding carboxylic acids is 1. The molecule has 0 aromatic carbocycles. The Kier molecular flexibility index (Phi) is 4.70. The smallest absolute Gasteiger partial charge is 0.273 e. The first-order valence-electron chi connectivity index (χ1n) is 9.19. The van der Waals surface area contributed by atoms with Gasteiger partial charge in [-0.2, -0.15) is 10.1 Å². The molecule has 27 heavy (non-hydrogen) atoms. The fraction of sp³-hybridized carbons (Fsp3) is 0.421. The Morgan fingerprint density at radius 3 is 2.89 bits per heavy atom. The van der Waals surface area contributed by atoms with Gasteiger partial charge in [-0.25, -0.2) is 4.98 Å². The lowest BCUT2D eigenvalue weighted by Crippen LogP contribution is -2.36. The third kappa shape index (κ3) is 3.60. The molecule has 8 heteroatoms. The van der Waals surface area contributed by atoms with Crippen molar-refractivity contribution in [1.29, 1.82) is 0 Å². The van der Waals surface area contributed by atoms with Gasteiger partial charge in [-0.3, -0.25) is 9.48 Å². The lowest BCUT2D eigenvalue weighted by Gasteiger charge is -2.27. The molecule has 0 saturated carbocycles. The third-order valence-electron chi connectivity index (χ3n) is 4.81. The molecule has 3 aromatic rings. The van der Waals surface area contributed by atoms with Gasteiger partial charge >= 0.3 is 0 Å². The van der Waals surface area contributed by atoms with Gasteiger partial charge in [0.25, 0.3) is 11.8 Å². The second kappa shape index (κ2) is 7.30. The molecule has 0 spiro atoms. The van der Waals surface area contributed by atoms with E-state index in [1.165, 1.54) is 0 Å². The first kappa shape index (κ1) is 17.4. The fourth-order valence-electron chi connectivity index (χ4n) is 3.45. The molecule has 1 saturated heterocycles. The Morgan fingerprint density at radius 2 is 2.11 bits per heavy atom. The normalized spacial score (nSPS) is 17.7. The third-order valence-corrected chi connectivity index (χ3v) is 4.81. The number of hydrogen-bond donors (Lipinski definition) is 0. The Hall–Kier alpha value is -3.03. The van der Waals surface area contributed by atoms with Gasteiger partial charge in [0, 0.05) is 25.5 Å². The lowest BCUT2D eigenvalue weighted by atomic mass is 10.1. The highest BCUT2D eigenvalue weighted by Gasteiger charge is 2.31. The molecule has 1 aliphatic heterocycles. The minimum atomic E-state index is -0.212. The summed E-state index contributed by atoms with van der Waals surface area (Å²) in [6.07, 6.45) is 7.38. The molecule has 140 valence electrons. The Balaban J connectivity index is 1.64. The lowest BCUT2D eigenvalue weighted by molar-refractivity contribution is 0.0664. The van der Waals surface area contributed by atoms with E-state index in [0.29, 0.717) is 24.0 Å². The summed E-state index contributed by atoms with van der Waals surface area (Å²) in [6, 6.07) is 5.29. The summed E-state index contributed by atoms with van der Waals surface area (Å²) in [5.74, 6) is 0.874. The summed E-state index contributed by atoms with van der Waals surface area (Å²) in [5.41, 5.74) is 2.05. The monoisotopic (exact) mass is 366 g/mol. The van der Waals surface area contributed by atoms with Gasteiger partial charge in [0.2, 0.25) is 0 Å². The van der Waals surface area contributed by atoms with Crippen LogP contribution in [0.2, 0.25) is 0 Å². The van der Waals surface area contributed by atoms with E-state index >= 15 is 0 Å². The average Bonchev–Trinajstić information content (AvgIpc) is 3.24. The highest BCUT2D eigenvalue weighted by Crippen LogP contribution is 2.31. The first-order valence-corrected chi connectivity index (χ1v) is 9.19. The number of nitrogens with zero attached hydrogens (tertiary/aromatic N) is 6. The van der Waals surface area contributed by atoms with E-state index in [2.05, 4.69) is 20.2 Å². The van der Waals surface area contributed by atoms with E-state index in [1.807, 2.05) is 37.2 Å². The topological polar surface area (TPSA) is 89.9 Å². The summed E-state index contributed by atoms with van der Waals surface area (Å²) in [4.78, 5) is 23.9. The van der Waals surface area contributed by atoms with Crippen molar-refractivity contribution >= 4 is 5.91 Å². The SMILES string of the molecule is Cc1cccc(C(=O)N2CCCCCC2c2noc(-c3cnn(C)c3)n2)n1. The van der Waals surface area contributed by atoms with E-state index in [1.54, 1.807) is 16.9 Å². The molecule has 3 aromatic heterocycles. The Labute approximate surface area is 157 Å². The van der Waals surface area contributed by atoms with Gasteiger partial charge in [0.1, 0.15) is 5.69 Å². The van der Waals surface area contributed by atoms with Crippen LogP contribution in [-0.2, 0) is 7.05 Å². The van der Waals surface area contributed by atoms with E-state index < -0.39 is 0 Å². The zero-order chi connectivity index (χ0) is 18.8. The molecule has 8 nitrogen and oxygen atoms in total. The van der Waals surface area contributed by atoms with Crippen molar-refractivity contribution in [1.82, 2.24) is 29.8 Å². The van der Waals surface area contributed by atoms with Crippen LogP contribution in [0.3, 0.4) is 0 Å². The van der Waals surface area contributed by atoms with Crippen LogP contribution in [0, 0.1) is 6.92 Å². The number of hydrogen-bond acceptors (Lipinski definition) is 6. The predicted octanol–water partition coefficient (Wildman–Crippen LogP) is 2.93. The Bertz CT molecular complexity index is 947. The van der Waals surface area contributed by atoms with Crippen LogP contribution in [-0.4, -0.2) is 42.3 Å². The molecule has 4 heterocycles. The summed E-state index contributed by atoms with van der Waals surface area (Å²) in [7, 11) is 1.83. The molecule has 1 aliphatic rings. The van der Waals surface area contributed by atoms with Crippen LogP contribution in [0.15, 0.2) is 35.1 Å². The van der Waals surface area contributed by atoms with Crippen molar-refractivity contribution in [3.8, 4) is 11.5 Å². The summed E-state index contributed by atoms with van der Waals surface area (Å²) in [5, 5.41) is 8.31. The number of likely N-dealkylation sites (tertiary alicyclic amines) is 1. The zero-order valence-corrected chi connectivity index (χ0v) is 15.5. The van der Waals surface area contributed by atoms with Crippen LogP contribution < -0.4 is 0 Å². The minimum Gasteiger partial charge on any atom is -0.334 e. The molecule has 1 unspecified atom stereocenters. The standard InChI is InChI=1S/C19H22N6O2/c1-13-7-6-8-15(21-13)19(26)25-10-5-3-4-9-16(25)17-22-18(27-23-17)14-11-20-24(2)12-14/h6-8,11-12,16H,3-5,9-10H2,1-2H3. The Morgan fingerprint density at radius 1 is 1.22 bits per heavy atom. The van der Waals surface area contributed by atoms with Crippen LogP contribution in [0.5, 0.6) is 0 Å². The van der Waals surface area contributed by atoms with Gasteiger partial charge < -0.3 is 9.42 Å². The molecule has 1 amide bonds. The van der Waals surface area contributed by atoms with Crippen molar-refractivity contribution in [3.63, 3.8) is 0 Å². The maximum absolute atomic E-state index is 13.1. The van der Waals surface area contributed by atoms with E-state index in [9.17, 15) is 4.79 Å². The molecule has 0 aliphatic carbocycles. The van der Waals surface area contributed by atoms with Crippen molar-refractivity contribution in [2.24, 2.45) is 7.05 Å². The molecule has 0 radical (unpaired) electrons. The molecular formula is C19H22N6O2. The van der Waals surface area contributed by atoms with Gasteiger partial charge in [-0.1, -0.05) is 24.1 Å². The molecular weight excluding hydrogens is 344 g/mol. The van der Waals surface area contributed by atoms with Crippen LogP contribution >= 0.6 is 0 Å². The minimum absolute atomic E-state index is 0.0849. The number of rotatable bonds is 3. The maximum atomic E-state index is 13.1. The first-order chi connectivity index (χ1) is 13.1. The van der Waals surface area contributed by atoms with Crippen molar-refractivity contribution < 1.29 is 9.32 Å². The van der Waals surface area contributed by atoms with E-state index in [0.717, 1.165) is 36.9 Å². The van der Waals surface area contributed by atoms with E-state index in [4.69, 9.17) is 4.52 Å². The molecule has 4 rings (SSSR count). The number of aromatic nitrogens is 5. The highest BCUT2D eigenvalue weighted by atomic mass is 16.5. The van der Waals surface area contributed by atoms with Crippen LogP contribution in [0.25, 0.3) is 11.5 Å². The molecule has 0 N–H and O–H groups in total. The summed E-state index contributed by atoms with van der Waals surface area (Å²) < 4.78 is 7.13. The van der Waals surface area contributed by atoms with Gasteiger partial charge in [-0.05, 0) is 31.9 Å². The van der Waals surface area contributed by atoms with Crippen molar-refractivity contribution in [3.05, 3.63) is 47.8 Å².